The predicted octanol–water partition coefficient (Wildman–Crippen LogP) is 2.03. The number of halogens is 1. The normalized spacial score (nSPS) is 28.6. The molecule has 1 amide bonds. The van der Waals surface area contributed by atoms with E-state index in [0.29, 0.717) is 24.1 Å². The van der Waals surface area contributed by atoms with Gasteiger partial charge in [0.1, 0.15) is 5.82 Å². The van der Waals surface area contributed by atoms with Crippen LogP contribution in [-0.4, -0.2) is 86.9 Å². The molecule has 36 heavy (non-hydrogen) atoms. The van der Waals surface area contributed by atoms with Gasteiger partial charge >= 0.3 is 0 Å². The van der Waals surface area contributed by atoms with Crippen molar-refractivity contribution in [3.05, 3.63) is 41.3 Å². The van der Waals surface area contributed by atoms with Crippen LogP contribution in [0.25, 0.3) is 10.8 Å². The van der Waals surface area contributed by atoms with Crippen LogP contribution >= 0.6 is 11.6 Å². The van der Waals surface area contributed by atoms with Gasteiger partial charge in [-0.1, -0.05) is 11.6 Å². The predicted molar refractivity (Wildman–Crippen MR) is 136 cm³/mol. The number of carbonyl (C=O) groups excluding carboxylic acids is 1. The lowest BCUT2D eigenvalue weighted by molar-refractivity contribution is -0.117. The molecule has 4 heterocycles. The summed E-state index contributed by atoms with van der Waals surface area (Å²) in [6.07, 6.45) is 3.77. The first-order valence-electron chi connectivity index (χ1n) is 12.3. The van der Waals surface area contributed by atoms with E-state index < -0.39 is 6.10 Å². The van der Waals surface area contributed by atoms with Gasteiger partial charge in [0.15, 0.2) is 0 Å². The molecule has 2 aromatic heterocycles. The first-order chi connectivity index (χ1) is 17.3. The molecule has 3 aliphatic rings. The van der Waals surface area contributed by atoms with Crippen LogP contribution in [-0.2, 0) is 16.6 Å². The Morgan fingerprint density at radius 1 is 1.19 bits per heavy atom. The molecular weight excluding hydrogens is 482 g/mol. The number of fused-ring (bicyclic) bond motifs is 1. The van der Waals surface area contributed by atoms with Crippen molar-refractivity contribution in [1.82, 2.24) is 24.9 Å². The number of nitrogens with one attached hydrogen (secondary N) is 1. The molecule has 2 aliphatic heterocycles. The zero-order chi connectivity index (χ0) is 25.0. The summed E-state index contributed by atoms with van der Waals surface area (Å²) >= 11 is 6.67. The number of carbonyl (C=O) groups is 1. The van der Waals surface area contributed by atoms with Crippen LogP contribution in [0, 0.1) is 5.92 Å². The number of amides is 1. The van der Waals surface area contributed by atoms with E-state index >= 15 is 0 Å². The highest BCUT2D eigenvalue weighted by Crippen LogP contribution is 2.47. The van der Waals surface area contributed by atoms with Crippen molar-refractivity contribution in [2.75, 3.05) is 49.6 Å². The Morgan fingerprint density at radius 3 is 2.69 bits per heavy atom. The van der Waals surface area contributed by atoms with Gasteiger partial charge in [-0.3, -0.25) is 9.69 Å². The number of benzene rings is 1. The molecule has 190 valence electrons. The molecule has 1 aromatic carbocycles. The molecular formula is C25H30ClN7O3. The lowest BCUT2D eigenvalue weighted by Gasteiger charge is -2.45. The molecule has 3 fully saturated rings. The number of aryl methyl sites for hydroxylation is 1. The number of hydrogen-bond donors (Lipinski definition) is 2. The number of anilines is 2. The average Bonchev–Trinajstić information content (AvgIpc) is 3.44. The minimum Gasteiger partial charge on any atom is -0.389 e. The van der Waals surface area contributed by atoms with Crippen LogP contribution in [0.3, 0.4) is 0 Å². The van der Waals surface area contributed by atoms with E-state index in [1.165, 1.54) is 4.80 Å². The third-order valence-electron chi connectivity index (χ3n) is 7.89. The van der Waals surface area contributed by atoms with Crippen molar-refractivity contribution in [1.29, 1.82) is 0 Å². The Labute approximate surface area is 214 Å². The van der Waals surface area contributed by atoms with E-state index in [1.54, 1.807) is 19.4 Å². The minimum atomic E-state index is -0.471. The van der Waals surface area contributed by atoms with Gasteiger partial charge in [0.05, 0.1) is 47.5 Å². The standard InChI is InChI=1S/C25H30ClN7O3/c1-25(14-36-13-22(25)34)33-5-3-32(4-6-33)21-8-15-9-23(27-11-16(15)7-19(21)26)29-24(35)18-10-17(18)20-12-28-31(2)30-20/h7-9,11-12,17-18,22,34H,3-6,10,13-14H2,1-2H3,(H,27,29,35)/t17?,18?,22-,25+/m0/s1. The van der Waals surface area contributed by atoms with E-state index in [0.717, 1.165) is 54.8 Å². The van der Waals surface area contributed by atoms with E-state index in [-0.39, 0.29) is 23.3 Å². The largest absolute Gasteiger partial charge is 0.389 e. The summed E-state index contributed by atoms with van der Waals surface area (Å²) in [6.45, 7) is 6.24. The van der Waals surface area contributed by atoms with Crippen LogP contribution in [0.4, 0.5) is 11.5 Å². The smallest absolute Gasteiger partial charge is 0.229 e. The summed E-state index contributed by atoms with van der Waals surface area (Å²) < 4.78 is 5.52. The number of pyridine rings is 1. The lowest BCUT2D eigenvalue weighted by Crippen LogP contribution is -2.60. The van der Waals surface area contributed by atoms with Gasteiger partial charge in [-0.15, -0.1) is 0 Å². The highest BCUT2D eigenvalue weighted by atomic mass is 35.5. The van der Waals surface area contributed by atoms with Crippen molar-refractivity contribution in [2.45, 2.75) is 30.9 Å². The van der Waals surface area contributed by atoms with Crippen LogP contribution in [0.2, 0.25) is 5.02 Å². The van der Waals surface area contributed by atoms with Gasteiger partial charge in [-0.05, 0) is 36.9 Å². The fourth-order valence-electron chi connectivity index (χ4n) is 5.44. The molecule has 2 unspecified atom stereocenters. The molecule has 2 N–H and O–H groups in total. The summed E-state index contributed by atoms with van der Waals surface area (Å²) in [5, 5.41) is 24.4. The highest BCUT2D eigenvalue weighted by molar-refractivity contribution is 6.34. The Kier molecular flexibility index (Phi) is 5.87. The maximum Gasteiger partial charge on any atom is 0.229 e. The topological polar surface area (TPSA) is 109 Å². The van der Waals surface area contributed by atoms with Gasteiger partial charge in [0.2, 0.25) is 5.91 Å². The Balaban J connectivity index is 1.15. The van der Waals surface area contributed by atoms with Crippen molar-refractivity contribution >= 4 is 39.8 Å². The molecule has 1 saturated carbocycles. The highest BCUT2D eigenvalue weighted by Gasteiger charge is 2.46. The summed E-state index contributed by atoms with van der Waals surface area (Å²) in [6, 6.07) is 5.90. The molecule has 6 rings (SSSR count). The Morgan fingerprint density at radius 2 is 2.00 bits per heavy atom. The molecule has 10 nitrogen and oxygen atoms in total. The van der Waals surface area contributed by atoms with Gasteiger partial charge < -0.3 is 20.1 Å². The molecule has 11 heteroatoms. The first-order valence-corrected chi connectivity index (χ1v) is 12.7. The number of ether oxygens (including phenoxy) is 1. The molecule has 4 atom stereocenters. The Bertz CT molecular complexity index is 1310. The second kappa shape index (κ2) is 8.95. The van der Waals surface area contributed by atoms with Crippen molar-refractivity contribution in [2.24, 2.45) is 13.0 Å². The van der Waals surface area contributed by atoms with Crippen LogP contribution in [0.15, 0.2) is 30.6 Å². The van der Waals surface area contributed by atoms with Gasteiger partial charge in [-0.2, -0.15) is 15.0 Å². The van der Waals surface area contributed by atoms with Gasteiger partial charge in [0, 0.05) is 56.6 Å². The summed E-state index contributed by atoms with van der Waals surface area (Å²) in [5.74, 6) is 0.484. The third kappa shape index (κ3) is 4.21. The quantitative estimate of drug-likeness (QED) is 0.535. The summed E-state index contributed by atoms with van der Waals surface area (Å²) in [4.78, 5) is 23.3. The molecule has 2 saturated heterocycles. The summed E-state index contributed by atoms with van der Waals surface area (Å²) in [5.41, 5.74) is 1.48. The number of aliphatic hydroxyl groups excluding tert-OH is 1. The zero-order valence-electron chi connectivity index (χ0n) is 20.4. The third-order valence-corrected chi connectivity index (χ3v) is 8.20. The summed E-state index contributed by atoms with van der Waals surface area (Å²) in [7, 11) is 1.77. The van der Waals surface area contributed by atoms with Crippen LogP contribution < -0.4 is 10.2 Å². The number of nitrogens with zero attached hydrogens (tertiary/aromatic N) is 6. The van der Waals surface area contributed by atoms with Crippen molar-refractivity contribution in [3.8, 4) is 0 Å². The molecule has 0 bridgehead atoms. The Hall–Kier alpha value is -2.79. The fraction of sp³-hybridized carbons (Fsp3) is 0.520. The van der Waals surface area contributed by atoms with E-state index in [4.69, 9.17) is 16.3 Å². The number of piperazine rings is 1. The van der Waals surface area contributed by atoms with Gasteiger partial charge in [0.25, 0.3) is 0 Å². The number of hydrogen-bond acceptors (Lipinski definition) is 8. The van der Waals surface area contributed by atoms with E-state index in [1.807, 2.05) is 12.1 Å². The molecule has 3 aromatic rings. The van der Waals surface area contributed by atoms with E-state index in [2.05, 4.69) is 43.3 Å². The average molecular weight is 512 g/mol. The van der Waals surface area contributed by atoms with Crippen molar-refractivity contribution in [3.63, 3.8) is 0 Å². The second-order valence-corrected chi connectivity index (χ2v) is 10.7. The lowest BCUT2D eigenvalue weighted by atomic mass is 9.95. The second-order valence-electron chi connectivity index (χ2n) is 10.3. The van der Waals surface area contributed by atoms with Gasteiger partial charge in [-0.25, -0.2) is 4.98 Å². The van der Waals surface area contributed by atoms with Crippen molar-refractivity contribution < 1.29 is 14.6 Å². The first kappa shape index (κ1) is 23.6. The SMILES string of the molecule is Cn1ncc(C2CC2C(=O)Nc2cc3cc(N4CCN([C@]5(C)COC[C@@H]5O)CC4)c(Cl)cc3cn2)n1. The maximum atomic E-state index is 12.8. The number of aliphatic hydroxyl groups is 1. The fourth-order valence-corrected chi connectivity index (χ4v) is 5.73. The minimum absolute atomic E-state index is 0.0469. The van der Waals surface area contributed by atoms with Crippen LogP contribution in [0.5, 0.6) is 0 Å². The van der Waals surface area contributed by atoms with Crippen LogP contribution in [0.1, 0.15) is 25.0 Å². The monoisotopic (exact) mass is 511 g/mol. The molecule has 1 aliphatic carbocycles. The zero-order valence-corrected chi connectivity index (χ0v) is 21.1. The maximum absolute atomic E-state index is 12.8. The number of aromatic nitrogens is 4. The molecule has 0 radical (unpaired) electrons. The number of rotatable bonds is 5. The van der Waals surface area contributed by atoms with E-state index in [9.17, 15) is 9.90 Å². The molecule has 0 spiro atoms.